The van der Waals surface area contributed by atoms with Gasteiger partial charge in [0.25, 0.3) is 0 Å². The van der Waals surface area contributed by atoms with Gasteiger partial charge in [0.05, 0.1) is 6.10 Å². The van der Waals surface area contributed by atoms with Crippen LogP contribution in [-0.4, -0.2) is 24.4 Å². The van der Waals surface area contributed by atoms with E-state index in [9.17, 15) is 5.11 Å². The van der Waals surface area contributed by atoms with Crippen molar-refractivity contribution >= 4 is 0 Å². The summed E-state index contributed by atoms with van der Waals surface area (Å²) in [5, 5.41) is 10.5. The van der Waals surface area contributed by atoms with Gasteiger partial charge >= 0.3 is 0 Å². The van der Waals surface area contributed by atoms with Crippen LogP contribution in [0.1, 0.15) is 52.9 Å². The molecule has 1 N–H and O–H groups in total. The zero-order valence-corrected chi connectivity index (χ0v) is 11.8. The van der Waals surface area contributed by atoms with Gasteiger partial charge in [-0.2, -0.15) is 0 Å². The minimum absolute atomic E-state index is 0.0175. The predicted octanol–water partition coefficient (Wildman–Crippen LogP) is 3.54. The van der Waals surface area contributed by atoms with Crippen molar-refractivity contribution in [1.29, 1.82) is 0 Å². The van der Waals surface area contributed by atoms with Gasteiger partial charge in [0.15, 0.2) is 0 Å². The number of rotatable bonds is 4. The minimum atomic E-state index is -0.396. The van der Waals surface area contributed by atoms with Crippen LogP contribution < -0.4 is 0 Å². The van der Waals surface area contributed by atoms with Crippen LogP contribution >= 0.6 is 0 Å². The topological polar surface area (TPSA) is 29.5 Å². The van der Waals surface area contributed by atoms with Gasteiger partial charge < -0.3 is 9.84 Å². The number of aliphatic hydroxyl groups excluding tert-OH is 1. The van der Waals surface area contributed by atoms with E-state index in [1.807, 2.05) is 0 Å². The van der Waals surface area contributed by atoms with Gasteiger partial charge in [-0.3, -0.25) is 0 Å². The monoisotopic (exact) mass is 240 g/mol. The van der Waals surface area contributed by atoms with E-state index in [-0.39, 0.29) is 11.5 Å². The molecule has 1 rings (SSSR count). The highest BCUT2D eigenvalue weighted by Gasteiger charge is 2.34. The summed E-state index contributed by atoms with van der Waals surface area (Å²) in [7, 11) is 1.67. The Bertz CT molecular complexity index is 246. The van der Waals surface area contributed by atoms with E-state index in [1.54, 1.807) is 7.11 Å². The van der Waals surface area contributed by atoms with Crippen LogP contribution in [-0.2, 0) is 4.74 Å². The molecule has 0 saturated heterocycles. The maximum absolute atomic E-state index is 10.5. The molecule has 0 spiro atoms. The Morgan fingerprint density at radius 1 is 1.24 bits per heavy atom. The number of methoxy groups -OCH3 is 1. The molecule has 0 aromatic rings. The normalized spacial score (nSPS) is 22.2. The van der Waals surface area contributed by atoms with Crippen LogP contribution in [0.3, 0.4) is 0 Å². The second kappa shape index (κ2) is 6.01. The summed E-state index contributed by atoms with van der Waals surface area (Å²) >= 11 is 0. The molecule has 1 aliphatic rings. The Labute approximate surface area is 106 Å². The zero-order valence-electron chi connectivity index (χ0n) is 11.8. The van der Waals surface area contributed by atoms with Gasteiger partial charge in [-0.15, -0.1) is 0 Å². The van der Waals surface area contributed by atoms with Crippen molar-refractivity contribution in [2.75, 3.05) is 7.11 Å². The summed E-state index contributed by atoms with van der Waals surface area (Å²) in [6, 6.07) is 0. The van der Waals surface area contributed by atoms with Crippen molar-refractivity contribution in [3.8, 4) is 0 Å². The minimum Gasteiger partial charge on any atom is -0.390 e. The highest BCUT2D eigenvalue weighted by atomic mass is 16.5. The molecular weight excluding hydrogens is 212 g/mol. The Balaban J connectivity index is 2.69. The fraction of sp³-hybridized carbons (Fsp3) is 0.867. The fourth-order valence-corrected chi connectivity index (χ4v) is 2.64. The summed E-state index contributed by atoms with van der Waals surface area (Å²) in [5.74, 6) is 0.382. The van der Waals surface area contributed by atoms with Crippen molar-refractivity contribution in [3.63, 3.8) is 0 Å². The number of hydrogen-bond acceptors (Lipinski definition) is 2. The number of ether oxygens (including phenoxy) is 1. The van der Waals surface area contributed by atoms with Crippen molar-refractivity contribution in [1.82, 2.24) is 0 Å². The largest absolute Gasteiger partial charge is 0.390 e. The smallest absolute Gasteiger partial charge is 0.104 e. The summed E-state index contributed by atoms with van der Waals surface area (Å²) in [6.07, 6.45) is 5.41. The first-order chi connectivity index (χ1) is 7.88. The molecular formula is C15H28O2. The molecule has 2 nitrogen and oxygen atoms in total. The van der Waals surface area contributed by atoms with E-state index in [4.69, 9.17) is 4.74 Å². The van der Waals surface area contributed by atoms with E-state index in [0.29, 0.717) is 5.92 Å². The molecule has 1 saturated carbocycles. The van der Waals surface area contributed by atoms with E-state index in [1.165, 1.54) is 19.3 Å². The van der Waals surface area contributed by atoms with Crippen LogP contribution in [0.25, 0.3) is 0 Å². The van der Waals surface area contributed by atoms with Gasteiger partial charge in [-0.25, -0.2) is 0 Å². The van der Waals surface area contributed by atoms with Gasteiger partial charge in [0, 0.05) is 7.11 Å². The standard InChI is InChI=1S/C15H28O2/c1-11(15(2,3)4)14(17-5)13(16)12-9-7-6-8-10-12/h12-14,16H,1,6-10H2,2-5H3/t13-,14+/m1/s1. The Kier molecular flexibility index (Phi) is 5.21. The van der Waals surface area contributed by atoms with Crippen LogP contribution in [0.2, 0.25) is 0 Å². The lowest BCUT2D eigenvalue weighted by Gasteiger charge is -2.36. The Morgan fingerprint density at radius 3 is 2.18 bits per heavy atom. The molecule has 1 fully saturated rings. The Morgan fingerprint density at radius 2 is 1.76 bits per heavy atom. The summed E-state index contributed by atoms with van der Waals surface area (Å²) in [4.78, 5) is 0. The molecule has 2 heteroatoms. The SMILES string of the molecule is C=C([C@H](OC)[C@H](O)C1CCCCC1)C(C)(C)C. The summed E-state index contributed by atoms with van der Waals surface area (Å²) in [6.45, 7) is 10.5. The molecule has 0 aromatic carbocycles. The molecule has 0 amide bonds. The van der Waals surface area contributed by atoms with Gasteiger partial charge in [0.1, 0.15) is 6.10 Å². The molecule has 17 heavy (non-hydrogen) atoms. The lowest BCUT2D eigenvalue weighted by atomic mass is 9.77. The number of aliphatic hydroxyl groups is 1. The molecule has 0 bridgehead atoms. The third-order valence-corrected chi connectivity index (χ3v) is 4.00. The molecule has 0 aromatic heterocycles. The van der Waals surface area contributed by atoms with E-state index >= 15 is 0 Å². The fourth-order valence-electron chi connectivity index (χ4n) is 2.64. The zero-order chi connectivity index (χ0) is 13.1. The quantitative estimate of drug-likeness (QED) is 0.762. The highest BCUT2D eigenvalue weighted by Crippen LogP contribution is 2.34. The van der Waals surface area contributed by atoms with Crippen molar-refractivity contribution in [2.45, 2.75) is 65.1 Å². The molecule has 100 valence electrons. The van der Waals surface area contributed by atoms with Gasteiger partial charge in [0.2, 0.25) is 0 Å². The molecule has 0 unspecified atom stereocenters. The van der Waals surface area contributed by atoms with Crippen LogP contribution in [0.4, 0.5) is 0 Å². The van der Waals surface area contributed by atoms with Crippen LogP contribution in [0.5, 0.6) is 0 Å². The predicted molar refractivity (Wildman–Crippen MR) is 72.0 cm³/mol. The molecule has 2 atom stereocenters. The van der Waals surface area contributed by atoms with Gasteiger partial charge in [-0.1, -0.05) is 46.6 Å². The summed E-state index contributed by atoms with van der Waals surface area (Å²) < 4.78 is 5.50. The molecule has 0 aliphatic heterocycles. The van der Waals surface area contributed by atoms with E-state index < -0.39 is 6.10 Å². The molecule has 1 aliphatic carbocycles. The van der Waals surface area contributed by atoms with Gasteiger partial charge in [-0.05, 0) is 29.7 Å². The third-order valence-electron chi connectivity index (χ3n) is 4.00. The first kappa shape index (κ1) is 14.7. The van der Waals surface area contributed by atoms with Crippen molar-refractivity contribution in [3.05, 3.63) is 12.2 Å². The first-order valence-corrected chi connectivity index (χ1v) is 6.78. The summed E-state index contributed by atoms with van der Waals surface area (Å²) in [5.41, 5.74) is 0.981. The molecule has 0 radical (unpaired) electrons. The highest BCUT2D eigenvalue weighted by molar-refractivity contribution is 5.14. The lowest BCUT2D eigenvalue weighted by Crippen LogP contribution is -2.40. The van der Waals surface area contributed by atoms with Crippen molar-refractivity contribution in [2.24, 2.45) is 11.3 Å². The number of hydrogen-bond donors (Lipinski definition) is 1. The average Bonchev–Trinajstić information content (AvgIpc) is 2.29. The lowest BCUT2D eigenvalue weighted by molar-refractivity contribution is -0.0375. The average molecular weight is 240 g/mol. The Hall–Kier alpha value is -0.340. The second-order valence-corrected chi connectivity index (χ2v) is 6.32. The third kappa shape index (κ3) is 3.82. The van der Waals surface area contributed by atoms with Crippen LogP contribution in [0, 0.1) is 11.3 Å². The second-order valence-electron chi connectivity index (χ2n) is 6.32. The molecule has 0 heterocycles. The van der Waals surface area contributed by atoms with E-state index in [0.717, 1.165) is 18.4 Å². The maximum atomic E-state index is 10.5. The maximum Gasteiger partial charge on any atom is 0.104 e. The van der Waals surface area contributed by atoms with E-state index in [2.05, 4.69) is 27.4 Å². The van der Waals surface area contributed by atoms with Crippen molar-refractivity contribution < 1.29 is 9.84 Å². The first-order valence-electron chi connectivity index (χ1n) is 6.78. The van der Waals surface area contributed by atoms with Crippen LogP contribution in [0.15, 0.2) is 12.2 Å².